The predicted molar refractivity (Wildman–Crippen MR) is 63.3 cm³/mol. The van der Waals surface area contributed by atoms with Crippen LogP contribution in [0.1, 0.15) is 11.8 Å². The Balaban J connectivity index is 2.01. The van der Waals surface area contributed by atoms with Crippen LogP contribution in [-0.2, 0) is 16.1 Å². The summed E-state index contributed by atoms with van der Waals surface area (Å²) < 4.78 is 10.6. The van der Waals surface area contributed by atoms with E-state index >= 15 is 0 Å². The van der Waals surface area contributed by atoms with E-state index < -0.39 is 0 Å². The number of methoxy groups -OCH3 is 1. The number of ether oxygens (including phenoxy) is 2. The zero-order valence-corrected chi connectivity index (χ0v) is 10.2. The maximum atomic E-state index is 5.67. The molecule has 0 saturated carbocycles. The molecular formula is C11H19NO2S. The Labute approximate surface area is 95.4 Å². The Hall–Kier alpha value is -0.420. The molecule has 0 aliphatic rings. The van der Waals surface area contributed by atoms with Gasteiger partial charge in [0.25, 0.3) is 0 Å². The van der Waals surface area contributed by atoms with Crippen LogP contribution >= 0.6 is 11.3 Å². The van der Waals surface area contributed by atoms with Crippen molar-refractivity contribution in [2.24, 2.45) is 0 Å². The van der Waals surface area contributed by atoms with Gasteiger partial charge in [-0.3, -0.25) is 0 Å². The normalized spacial score (nSPS) is 12.9. The first-order valence-corrected chi connectivity index (χ1v) is 6.04. The van der Waals surface area contributed by atoms with Gasteiger partial charge in [0.1, 0.15) is 0 Å². The highest BCUT2D eigenvalue weighted by molar-refractivity contribution is 7.09. The lowest BCUT2D eigenvalue weighted by molar-refractivity contribution is 0.0536. The first-order valence-electron chi connectivity index (χ1n) is 5.16. The van der Waals surface area contributed by atoms with Crippen molar-refractivity contribution in [2.75, 3.05) is 26.8 Å². The Morgan fingerprint density at radius 1 is 1.53 bits per heavy atom. The molecule has 3 nitrogen and oxygen atoms in total. The van der Waals surface area contributed by atoms with E-state index in [1.165, 1.54) is 4.88 Å². The second-order valence-corrected chi connectivity index (χ2v) is 4.43. The van der Waals surface area contributed by atoms with E-state index in [0.29, 0.717) is 6.61 Å². The highest BCUT2D eigenvalue weighted by Gasteiger charge is 2.02. The lowest BCUT2D eigenvalue weighted by Gasteiger charge is -2.13. The molecule has 0 fully saturated rings. The molecule has 0 spiro atoms. The standard InChI is InChI=1S/C11H19NO2S/c1-10(8-12-5-6-13-2)14-9-11-4-3-7-15-11/h3-4,7,10,12H,5-6,8-9H2,1-2H3. The summed E-state index contributed by atoms with van der Waals surface area (Å²) in [6.45, 7) is 5.29. The van der Waals surface area contributed by atoms with Gasteiger partial charge in [-0.25, -0.2) is 0 Å². The zero-order valence-electron chi connectivity index (χ0n) is 9.36. The maximum Gasteiger partial charge on any atom is 0.0813 e. The third kappa shape index (κ3) is 5.89. The largest absolute Gasteiger partial charge is 0.383 e. The molecule has 0 aliphatic carbocycles. The average molecular weight is 229 g/mol. The van der Waals surface area contributed by atoms with E-state index in [9.17, 15) is 0 Å². The fraction of sp³-hybridized carbons (Fsp3) is 0.636. The van der Waals surface area contributed by atoms with E-state index in [0.717, 1.165) is 19.7 Å². The Kier molecular flexibility index (Phi) is 6.59. The molecule has 0 aromatic carbocycles. The third-order valence-corrected chi connectivity index (χ3v) is 2.85. The monoisotopic (exact) mass is 229 g/mol. The van der Waals surface area contributed by atoms with Crippen LogP contribution in [0.25, 0.3) is 0 Å². The first kappa shape index (κ1) is 12.6. The average Bonchev–Trinajstić information content (AvgIpc) is 2.74. The maximum absolute atomic E-state index is 5.67. The lowest BCUT2D eigenvalue weighted by atomic mass is 10.4. The van der Waals surface area contributed by atoms with Gasteiger partial charge in [0.05, 0.1) is 19.3 Å². The van der Waals surface area contributed by atoms with Crippen molar-refractivity contribution in [1.82, 2.24) is 5.32 Å². The number of hydrogen-bond acceptors (Lipinski definition) is 4. The highest BCUT2D eigenvalue weighted by atomic mass is 32.1. The van der Waals surface area contributed by atoms with Crippen LogP contribution in [0.4, 0.5) is 0 Å². The van der Waals surface area contributed by atoms with Crippen molar-refractivity contribution in [2.45, 2.75) is 19.6 Å². The number of thiophene rings is 1. The van der Waals surface area contributed by atoms with Gasteiger partial charge in [0.15, 0.2) is 0 Å². The summed E-state index contributed by atoms with van der Waals surface area (Å²) in [6.07, 6.45) is 0.240. The predicted octanol–water partition coefficient (Wildman–Crippen LogP) is 1.89. The van der Waals surface area contributed by atoms with Crippen LogP contribution in [0, 0.1) is 0 Å². The highest BCUT2D eigenvalue weighted by Crippen LogP contribution is 2.10. The minimum absolute atomic E-state index is 0.240. The fourth-order valence-electron chi connectivity index (χ4n) is 1.16. The van der Waals surface area contributed by atoms with Crippen molar-refractivity contribution in [3.63, 3.8) is 0 Å². The summed E-state index contributed by atoms with van der Waals surface area (Å²) in [4.78, 5) is 1.28. The number of nitrogens with one attached hydrogen (secondary N) is 1. The van der Waals surface area contributed by atoms with Gasteiger partial charge in [-0.2, -0.15) is 0 Å². The second-order valence-electron chi connectivity index (χ2n) is 3.40. The van der Waals surface area contributed by atoms with Gasteiger partial charge in [0.2, 0.25) is 0 Å². The van der Waals surface area contributed by atoms with E-state index in [-0.39, 0.29) is 6.10 Å². The molecule has 1 aromatic heterocycles. The smallest absolute Gasteiger partial charge is 0.0813 e. The van der Waals surface area contributed by atoms with Crippen LogP contribution in [0.2, 0.25) is 0 Å². The molecule has 1 rings (SSSR count). The molecule has 1 heterocycles. The zero-order chi connectivity index (χ0) is 10.9. The first-order chi connectivity index (χ1) is 7.33. The van der Waals surface area contributed by atoms with Gasteiger partial charge >= 0.3 is 0 Å². The summed E-state index contributed by atoms with van der Waals surface area (Å²) >= 11 is 1.73. The summed E-state index contributed by atoms with van der Waals surface area (Å²) in [7, 11) is 1.71. The molecule has 1 unspecified atom stereocenters. The Morgan fingerprint density at radius 3 is 3.07 bits per heavy atom. The summed E-state index contributed by atoms with van der Waals surface area (Å²) in [5, 5.41) is 5.34. The molecule has 86 valence electrons. The van der Waals surface area contributed by atoms with Crippen molar-refractivity contribution >= 4 is 11.3 Å². The second kappa shape index (κ2) is 7.82. The van der Waals surface area contributed by atoms with Crippen molar-refractivity contribution in [1.29, 1.82) is 0 Å². The van der Waals surface area contributed by atoms with E-state index in [2.05, 4.69) is 23.7 Å². The molecule has 0 radical (unpaired) electrons. The fourth-order valence-corrected chi connectivity index (χ4v) is 1.78. The van der Waals surface area contributed by atoms with Crippen LogP contribution in [-0.4, -0.2) is 32.9 Å². The molecule has 1 N–H and O–H groups in total. The lowest BCUT2D eigenvalue weighted by Crippen LogP contribution is -2.29. The minimum atomic E-state index is 0.240. The van der Waals surface area contributed by atoms with Crippen molar-refractivity contribution in [3.8, 4) is 0 Å². The van der Waals surface area contributed by atoms with Crippen LogP contribution in [0.15, 0.2) is 17.5 Å². The van der Waals surface area contributed by atoms with Crippen LogP contribution in [0.3, 0.4) is 0 Å². The molecule has 0 amide bonds. The number of rotatable bonds is 8. The summed E-state index contributed by atoms with van der Waals surface area (Å²) in [5.41, 5.74) is 0. The molecule has 0 saturated heterocycles. The Bertz CT molecular complexity index is 239. The summed E-state index contributed by atoms with van der Waals surface area (Å²) in [5.74, 6) is 0. The van der Waals surface area contributed by atoms with Crippen LogP contribution < -0.4 is 5.32 Å². The molecule has 4 heteroatoms. The van der Waals surface area contributed by atoms with Gasteiger partial charge in [0, 0.05) is 25.1 Å². The third-order valence-electron chi connectivity index (χ3n) is 2.00. The van der Waals surface area contributed by atoms with Gasteiger partial charge in [-0.15, -0.1) is 11.3 Å². The molecule has 0 aliphatic heterocycles. The molecule has 0 bridgehead atoms. The molecule has 1 atom stereocenters. The van der Waals surface area contributed by atoms with Gasteiger partial charge in [-0.1, -0.05) is 6.07 Å². The Morgan fingerprint density at radius 2 is 2.40 bits per heavy atom. The van der Waals surface area contributed by atoms with Crippen molar-refractivity contribution < 1.29 is 9.47 Å². The molecule has 15 heavy (non-hydrogen) atoms. The molecular weight excluding hydrogens is 210 g/mol. The summed E-state index contributed by atoms with van der Waals surface area (Å²) in [6, 6.07) is 4.14. The van der Waals surface area contributed by atoms with E-state index in [1.54, 1.807) is 18.4 Å². The van der Waals surface area contributed by atoms with E-state index in [1.807, 2.05) is 6.07 Å². The van der Waals surface area contributed by atoms with E-state index in [4.69, 9.17) is 9.47 Å². The van der Waals surface area contributed by atoms with Gasteiger partial charge < -0.3 is 14.8 Å². The van der Waals surface area contributed by atoms with Crippen molar-refractivity contribution in [3.05, 3.63) is 22.4 Å². The number of hydrogen-bond donors (Lipinski definition) is 1. The van der Waals surface area contributed by atoms with Crippen LogP contribution in [0.5, 0.6) is 0 Å². The minimum Gasteiger partial charge on any atom is -0.383 e. The molecule has 1 aromatic rings. The SMILES string of the molecule is COCCNCC(C)OCc1cccs1. The quantitative estimate of drug-likeness (QED) is 0.691. The topological polar surface area (TPSA) is 30.5 Å². The van der Waals surface area contributed by atoms with Gasteiger partial charge in [-0.05, 0) is 18.4 Å².